The Balaban J connectivity index is 2.89. The van der Waals surface area contributed by atoms with Crippen molar-refractivity contribution in [2.24, 2.45) is 11.7 Å². The summed E-state index contributed by atoms with van der Waals surface area (Å²) in [6, 6.07) is 8.27. The molecule has 17 heavy (non-hydrogen) atoms. The number of para-hydroxylation sites is 1. The molecule has 2 N–H and O–H groups in total. The van der Waals surface area contributed by atoms with Crippen LogP contribution in [-0.4, -0.2) is 18.9 Å². The maximum absolute atomic E-state index is 6.10. The summed E-state index contributed by atoms with van der Waals surface area (Å²) in [6.07, 6.45) is 0. The van der Waals surface area contributed by atoms with Crippen LogP contribution in [0.4, 0.5) is 0 Å². The maximum atomic E-state index is 6.10. The van der Waals surface area contributed by atoms with E-state index in [0.717, 1.165) is 11.5 Å². The highest BCUT2D eigenvalue weighted by Gasteiger charge is 2.20. The molecule has 0 heterocycles. The lowest BCUT2D eigenvalue weighted by Crippen LogP contribution is -2.23. The molecule has 3 heteroatoms. The van der Waals surface area contributed by atoms with Crippen LogP contribution in [0.15, 0.2) is 24.3 Å². The van der Waals surface area contributed by atoms with Gasteiger partial charge in [0, 0.05) is 16.9 Å². The third-order valence-corrected chi connectivity index (χ3v) is 4.43. The van der Waals surface area contributed by atoms with Crippen LogP contribution in [0.1, 0.15) is 31.6 Å². The van der Waals surface area contributed by atoms with Crippen LogP contribution in [0.25, 0.3) is 0 Å². The first-order valence-corrected chi connectivity index (χ1v) is 7.11. The maximum Gasteiger partial charge on any atom is 0.123 e. The van der Waals surface area contributed by atoms with Crippen molar-refractivity contribution >= 4 is 11.8 Å². The van der Waals surface area contributed by atoms with Crippen molar-refractivity contribution in [2.45, 2.75) is 32.1 Å². The minimum absolute atomic E-state index is 0.120. The largest absolute Gasteiger partial charge is 0.496 e. The van der Waals surface area contributed by atoms with E-state index < -0.39 is 0 Å². The molecule has 1 aromatic carbocycles. The number of rotatable bonds is 6. The zero-order valence-corrected chi connectivity index (χ0v) is 12.0. The Morgan fingerprint density at radius 3 is 2.41 bits per heavy atom. The molecule has 0 saturated carbocycles. The number of methoxy groups -OCH3 is 1. The first-order valence-electron chi connectivity index (χ1n) is 6.06. The van der Waals surface area contributed by atoms with Crippen molar-refractivity contribution in [2.75, 3.05) is 12.9 Å². The van der Waals surface area contributed by atoms with Gasteiger partial charge in [-0.25, -0.2) is 0 Å². The number of hydrogen-bond donors (Lipinski definition) is 1. The number of ether oxygens (including phenoxy) is 1. The lowest BCUT2D eigenvalue weighted by Gasteiger charge is -2.23. The molecule has 2 atom stereocenters. The quantitative estimate of drug-likeness (QED) is 0.843. The zero-order valence-electron chi connectivity index (χ0n) is 11.1. The number of benzene rings is 1. The summed E-state index contributed by atoms with van der Waals surface area (Å²) in [4.78, 5) is 0. The van der Waals surface area contributed by atoms with Gasteiger partial charge >= 0.3 is 0 Å². The first-order chi connectivity index (χ1) is 8.06. The molecule has 1 aromatic rings. The standard InChI is InChI=1S/C14H23NOS/c1-10(2)9-17-14(11(3)15)12-7-5-6-8-13(12)16-4/h5-8,10-11,14H,9,15H2,1-4H3. The second-order valence-electron chi connectivity index (χ2n) is 4.75. The molecule has 0 aliphatic carbocycles. The van der Waals surface area contributed by atoms with Gasteiger partial charge in [0.05, 0.1) is 7.11 Å². The van der Waals surface area contributed by atoms with Gasteiger partial charge in [-0.2, -0.15) is 11.8 Å². The molecule has 0 aliphatic rings. The molecule has 0 radical (unpaired) electrons. The molecule has 0 aromatic heterocycles. The second-order valence-corrected chi connectivity index (χ2v) is 5.92. The topological polar surface area (TPSA) is 35.2 Å². The van der Waals surface area contributed by atoms with E-state index in [-0.39, 0.29) is 6.04 Å². The van der Waals surface area contributed by atoms with Gasteiger partial charge < -0.3 is 10.5 Å². The fraction of sp³-hybridized carbons (Fsp3) is 0.571. The van der Waals surface area contributed by atoms with E-state index >= 15 is 0 Å². The van der Waals surface area contributed by atoms with Crippen molar-refractivity contribution in [3.63, 3.8) is 0 Å². The Hall–Kier alpha value is -0.670. The van der Waals surface area contributed by atoms with E-state index in [1.807, 2.05) is 30.0 Å². The van der Waals surface area contributed by atoms with Crippen molar-refractivity contribution in [1.29, 1.82) is 0 Å². The van der Waals surface area contributed by atoms with Gasteiger partial charge in [-0.05, 0) is 24.7 Å². The Morgan fingerprint density at radius 1 is 1.24 bits per heavy atom. The van der Waals surface area contributed by atoms with Gasteiger partial charge in [-0.1, -0.05) is 32.0 Å². The number of nitrogens with two attached hydrogens (primary N) is 1. The van der Waals surface area contributed by atoms with Crippen LogP contribution in [0.5, 0.6) is 5.75 Å². The summed E-state index contributed by atoms with van der Waals surface area (Å²) < 4.78 is 5.41. The first kappa shape index (κ1) is 14.4. The molecule has 0 saturated heterocycles. The molecule has 0 spiro atoms. The lowest BCUT2D eigenvalue weighted by atomic mass is 10.1. The Kier molecular flexibility index (Phi) is 5.86. The predicted octanol–water partition coefficient (Wildman–Crippen LogP) is 3.47. The smallest absolute Gasteiger partial charge is 0.123 e. The molecule has 96 valence electrons. The highest BCUT2D eigenvalue weighted by atomic mass is 32.2. The van der Waals surface area contributed by atoms with Crippen LogP contribution in [-0.2, 0) is 0 Å². The normalized spacial score (nSPS) is 14.7. The average Bonchev–Trinajstić information content (AvgIpc) is 2.29. The molecule has 1 rings (SSSR count). The molecule has 0 aliphatic heterocycles. The van der Waals surface area contributed by atoms with Crippen molar-refractivity contribution < 1.29 is 4.74 Å². The Morgan fingerprint density at radius 2 is 1.88 bits per heavy atom. The van der Waals surface area contributed by atoms with Gasteiger partial charge in [-0.3, -0.25) is 0 Å². The zero-order chi connectivity index (χ0) is 12.8. The summed E-state index contributed by atoms with van der Waals surface area (Å²) in [5.41, 5.74) is 7.31. The lowest BCUT2D eigenvalue weighted by molar-refractivity contribution is 0.408. The molecule has 0 amide bonds. The van der Waals surface area contributed by atoms with Gasteiger partial charge in [0.15, 0.2) is 0 Å². The molecule has 2 unspecified atom stereocenters. The van der Waals surface area contributed by atoms with Gasteiger partial charge in [0.25, 0.3) is 0 Å². The van der Waals surface area contributed by atoms with E-state index in [1.165, 1.54) is 5.56 Å². The summed E-state index contributed by atoms with van der Waals surface area (Å²) in [5.74, 6) is 2.73. The minimum Gasteiger partial charge on any atom is -0.496 e. The van der Waals surface area contributed by atoms with Crippen molar-refractivity contribution in [3.05, 3.63) is 29.8 Å². The summed E-state index contributed by atoms with van der Waals surface area (Å²) in [6.45, 7) is 6.52. The summed E-state index contributed by atoms with van der Waals surface area (Å²) in [5, 5.41) is 0.300. The van der Waals surface area contributed by atoms with Crippen molar-refractivity contribution in [1.82, 2.24) is 0 Å². The third kappa shape index (κ3) is 4.25. The van der Waals surface area contributed by atoms with E-state index in [4.69, 9.17) is 10.5 Å². The molecular formula is C14H23NOS. The highest BCUT2D eigenvalue weighted by molar-refractivity contribution is 7.99. The molecular weight excluding hydrogens is 230 g/mol. The number of thioether (sulfide) groups is 1. The van der Waals surface area contributed by atoms with Crippen LogP contribution >= 0.6 is 11.8 Å². The van der Waals surface area contributed by atoms with Crippen LogP contribution in [0.2, 0.25) is 0 Å². The molecule has 0 bridgehead atoms. The van der Waals surface area contributed by atoms with E-state index in [0.29, 0.717) is 11.2 Å². The Labute approximate surface area is 109 Å². The van der Waals surface area contributed by atoms with Crippen LogP contribution < -0.4 is 10.5 Å². The van der Waals surface area contributed by atoms with Gasteiger partial charge in [0.1, 0.15) is 5.75 Å². The summed E-state index contributed by atoms with van der Waals surface area (Å²) >= 11 is 1.92. The van der Waals surface area contributed by atoms with E-state index in [2.05, 4.69) is 26.8 Å². The third-order valence-electron chi connectivity index (χ3n) is 2.53. The minimum atomic E-state index is 0.120. The average molecular weight is 253 g/mol. The van der Waals surface area contributed by atoms with Crippen molar-refractivity contribution in [3.8, 4) is 5.75 Å². The van der Waals surface area contributed by atoms with Gasteiger partial charge in [-0.15, -0.1) is 0 Å². The number of hydrogen-bond acceptors (Lipinski definition) is 3. The summed E-state index contributed by atoms with van der Waals surface area (Å²) in [7, 11) is 1.71. The van der Waals surface area contributed by atoms with Gasteiger partial charge in [0.2, 0.25) is 0 Å². The highest BCUT2D eigenvalue weighted by Crippen LogP contribution is 2.37. The molecule has 2 nitrogen and oxygen atoms in total. The van der Waals surface area contributed by atoms with Crippen LogP contribution in [0, 0.1) is 5.92 Å². The predicted molar refractivity (Wildman–Crippen MR) is 76.7 cm³/mol. The fourth-order valence-corrected chi connectivity index (χ4v) is 2.99. The Bertz CT molecular complexity index is 339. The van der Waals surface area contributed by atoms with Crippen LogP contribution in [0.3, 0.4) is 0 Å². The molecule has 0 fully saturated rings. The van der Waals surface area contributed by atoms with E-state index in [1.54, 1.807) is 7.11 Å². The monoisotopic (exact) mass is 253 g/mol. The fourth-order valence-electron chi connectivity index (χ4n) is 1.72. The van der Waals surface area contributed by atoms with E-state index in [9.17, 15) is 0 Å². The second kappa shape index (κ2) is 6.92. The SMILES string of the molecule is COc1ccccc1C(SCC(C)C)C(C)N.